The van der Waals surface area contributed by atoms with Crippen molar-refractivity contribution in [3.63, 3.8) is 0 Å². The molecular formula is C19H22O2. The highest BCUT2D eigenvalue weighted by molar-refractivity contribution is 5.19. The zero-order chi connectivity index (χ0) is 14.9. The summed E-state index contributed by atoms with van der Waals surface area (Å²) >= 11 is 0. The largest absolute Gasteiger partial charge is 0.388 e. The summed E-state index contributed by atoms with van der Waals surface area (Å²) in [5.74, 6) is 0.00294. The summed E-state index contributed by atoms with van der Waals surface area (Å²) in [6, 6.07) is 19.8. The van der Waals surface area contributed by atoms with Crippen LogP contribution in [-0.4, -0.2) is 11.7 Å². The number of aliphatic hydroxyl groups is 1. The summed E-state index contributed by atoms with van der Waals surface area (Å²) in [6.45, 7) is 5.04. The van der Waals surface area contributed by atoms with Gasteiger partial charge >= 0.3 is 0 Å². The van der Waals surface area contributed by atoms with Gasteiger partial charge in [0.15, 0.2) is 0 Å². The summed E-state index contributed by atoms with van der Waals surface area (Å²) in [5.41, 5.74) is 2.08. The molecule has 0 aliphatic heterocycles. The van der Waals surface area contributed by atoms with Crippen LogP contribution in [0.3, 0.4) is 0 Å². The average molecular weight is 282 g/mol. The third-order valence-corrected chi connectivity index (χ3v) is 3.56. The smallest absolute Gasteiger partial charge is 0.0853 e. The van der Waals surface area contributed by atoms with Gasteiger partial charge in [-0.05, 0) is 17.5 Å². The molecule has 2 unspecified atom stereocenters. The number of hydrogen-bond acceptors (Lipinski definition) is 2. The lowest BCUT2D eigenvalue weighted by Crippen LogP contribution is -2.13. The maximum atomic E-state index is 10.4. The van der Waals surface area contributed by atoms with Crippen LogP contribution in [0.5, 0.6) is 0 Å². The van der Waals surface area contributed by atoms with Crippen molar-refractivity contribution < 1.29 is 9.84 Å². The summed E-state index contributed by atoms with van der Waals surface area (Å²) < 4.78 is 5.68. The van der Waals surface area contributed by atoms with E-state index in [0.717, 1.165) is 17.5 Å². The molecule has 2 rings (SSSR count). The summed E-state index contributed by atoms with van der Waals surface area (Å²) in [4.78, 5) is 0. The lowest BCUT2D eigenvalue weighted by atomic mass is 9.93. The molecule has 2 nitrogen and oxygen atoms in total. The van der Waals surface area contributed by atoms with Gasteiger partial charge in [0, 0.05) is 12.5 Å². The van der Waals surface area contributed by atoms with E-state index in [-0.39, 0.29) is 5.92 Å². The van der Waals surface area contributed by atoms with Crippen LogP contribution in [-0.2, 0) is 11.3 Å². The lowest BCUT2D eigenvalue weighted by Gasteiger charge is -2.20. The standard InChI is InChI=1S/C19H22O2/c1-2-17(19(20)18-11-7-4-8-12-18)13-14-21-15-16-9-5-3-6-10-16/h2-12,17,19-20H,1,13-15H2. The molecule has 2 heteroatoms. The van der Waals surface area contributed by atoms with E-state index in [2.05, 4.69) is 6.58 Å². The van der Waals surface area contributed by atoms with Crippen LogP contribution in [0.2, 0.25) is 0 Å². The van der Waals surface area contributed by atoms with Crippen molar-refractivity contribution in [3.05, 3.63) is 84.4 Å². The third kappa shape index (κ3) is 4.85. The maximum absolute atomic E-state index is 10.4. The molecule has 2 aromatic rings. The maximum Gasteiger partial charge on any atom is 0.0853 e. The minimum absolute atomic E-state index is 0.00294. The fourth-order valence-corrected chi connectivity index (χ4v) is 2.29. The molecule has 0 heterocycles. The SMILES string of the molecule is C=CC(CCOCc1ccccc1)C(O)c1ccccc1. The Labute approximate surface area is 126 Å². The van der Waals surface area contributed by atoms with Gasteiger partial charge in [-0.15, -0.1) is 6.58 Å². The fourth-order valence-electron chi connectivity index (χ4n) is 2.29. The molecule has 0 radical (unpaired) electrons. The van der Waals surface area contributed by atoms with Gasteiger partial charge in [-0.3, -0.25) is 0 Å². The van der Waals surface area contributed by atoms with Crippen LogP contribution in [0.15, 0.2) is 73.3 Å². The van der Waals surface area contributed by atoms with Gasteiger partial charge < -0.3 is 9.84 Å². The molecule has 0 amide bonds. The molecule has 2 aromatic carbocycles. The summed E-state index contributed by atoms with van der Waals surface area (Å²) in [7, 11) is 0. The van der Waals surface area contributed by atoms with Crippen LogP contribution in [0.4, 0.5) is 0 Å². The summed E-state index contributed by atoms with van der Waals surface area (Å²) in [5, 5.41) is 10.4. The zero-order valence-corrected chi connectivity index (χ0v) is 12.2. The van der Waals surface area contributed by atoms with Crippen molar-refractivity contribution in [2.45, 2.75) is 19.1 Å². The second kappa shape index (κ2) is 8.40. The fraction of sp³-hybridized carbons (Fsp3) is 0.263. The van der Waals surface area contributed by atoms with E-state index in [4.69, 9.17) is 4.74 Å². The minimum Gasteiger partial charge on any atom is -0.388 e. The van der Waals surface area contributed by atoms with Crippen molar-refractivity contribution >= 4 is 0 Å². The van der Waals surface area contributed by atoms with E-state index in [1.165, 1.54) is 0 Å². The zero-order valence-electron chi connectivity index (χ0n) is 12.2. The van der Waals surface area contributed by atoms with Crippen molar-refractivity contribution in [1.82, 2.24) is 0 Å². The van der Waals surface area contributed by atoms with E-state index in [9.17, 15) is 5.11 Å². The number of ether oxygens (including phenoxy) is 1. The highest BCUT2D eigenvalue weighted by atomic mass is 16.5. The molecule has 2 atom stereocenters. The number of aliphatic hydroxyl groups excluding tert-OH is 1. The third-order valence-electron chi connectivity index (χ3n) is 3.56. The van der Waals surface area contributed by atoms with Gasteiger partial charge in [-0.1, -0.05) is 66.7 Å². The predicted octanol–water partition coefficient (Wildman–Crippen LogP) is 4.13. The Bertz CT molecular complexity index is 522. The molecule has 1 N–H and O–H groups in total. The van der Waals surface area contributed by atoms with E-state index in [1.54, 1.807) is 0 Å². The normalized spacial score (nSPS) is 13.6. The Hall–Kier alpha value is -1.90. The topological polar surface area (TPSA) is 29.5 Å². The first-order valence-corrected chi connectivity index (χ1v) is 7.28. The van der Waals surface area contributed by atoms with Crippen LogP contribution >= 0.6 is 0 Å². The van der Waals surface area contributed by atoms with Crippen molar-refractivity contribution in [2.24, 2.45) is 5.92 Å². The lowest BCUT2D eigenvalue weighted by molar-refractivity contribution is 0.0755. The van der Waals surface area contributed by atoms with E-state index >= 15 is 0 Å². The molecule has 110 valence electrons. The predicted molar refractivity (Wildman–Crippen MR) is 85.8 cm³/mol. The van der Waals surface area contributed by atoms with Crippen LogP contribution in [0.1, 0.15) is 23.7 Å². The van der Waals surface area contributed by atoms with Crippen LogP contribution in [0.25, 0.3) is 0 Å². The first-order valence-electron chi connectivity index (χ1n) is 7.28. The van der Waals surface area contributed by atoms with Crippen molar-refractivity contribution in [3.8, 4) is 0 Å². The monoisotopic (exact) mass is 282 g/mol. The molecule has 0 saturated carbocycles. The summed E-state index contributed by atoms with van der Waals surface area (Å²) in [6.07, 6.45) is 2.04. The first kappa shape index (κ1) is 15.5. The average Bonchev–Trinajstić information content (AvgIpc) is 2.56. The molecule has 0 saturated heterocycles. The second-order valence-corrected chi connectivity index (χ2v) is 5.08. The second-order valence-electron chi connectivity index (χ2n) is 5.08. The highest BCUT2D eigenvalue weighted by Crippen LogP contribution is 2.25. The molecule has 0 bridgehead atoms. The Balaban J connectivity index is 1.79. The Morgan fingerprint density at radius 1 is 1.00 bits per heavy atom. The van der Waals surface area contributed by atoms with Gasteiger partial charge in [0.2, 0.25) is 0 Å². The molecular weight excluding hydrogens is 260 g/mol. The van der Waals surface area contributed by atoms with E-state index < -0.39 is 6.10 Å². The Morgan fingerprint density at radius 2 is 1.62 bits per heavy atom. The molecule has 0 fully saturated rings. The molecule has 0 spiro atoms. The van der Waals surface area contributed by atoms with E-state index in [1.807, 2.05) is 66.7 Å². The van der Waals surface area contributed by atoms with Crippen molar-refractivity contribution in [1.29, 1.82) is 0 Å². The molecule has 0 aliphatic rings. The van der Waals surface area contributed by atoms with Gasteiger partial charge in [-0.25, -0.2) is 0 Å². The Morgan fingerprint density at radius 3 is 2.24 bits per heavy atom. The van der Waals surface area contributed by atoms with Gasteiger partial charge in [-0.2, -0.15) is 0 Å². The van der Waals surface area contributed by atoms with Crippen LogP contribution in [0, 0.1) is 5.92 Å². The molecule has 0 aliphatic carbocycles. The van der Waals surface area contributed by atoms with Crippen molar-refractivity contribution in [2.75, 3.05) is 6.61 Å². The van der Waals surface area contributed by atoms with E-state index in [0.29, 0.717) is 13.2 Å². The molecule has 21 heavy (non-hydrogen) atoms. The van der Waals surface area contributed by atoms with Gasteiger partial charge in [0.1, 0.15) is 0 Å². The highest BCUT2D eigenvalue weighted by Gasteiger charge is 2.17. The number of benzene rings is 2. The quantitative estimate of drug-likeness (QED) is 0.582. The van der Waals surface area contributed by atoms with Gasteiger partial charge in [0.05, 0.1) is 12.7 Å². The minimum atomic E-state index is -0.524. The van der Waals surface area contributed by atoms with Gasteiger partial charge in [0.25, 0.3) is 0 Å². The van der Waals surface area contributed by atoms with Crippen LogP contribution < -0.4 is 0 Å². The Kier molecular flexibility index (Phi) is 6.20. The first-order chi connectivity index (χ1) is 10.3. The number of rotatable bonds is 8. The number of hydrogen-bond donors (Lipinski definition) is 1. The molecule has 0 aromatic heterocycles.